The van der Waals surface area contributed by atoms with Crippen molar-refractivity contribution < 1.29 is 15.0 Å². The van der Waals surface area contributed by atoms with Gasteiger partial charge in [-0.1, -0.05) is 20.8 Å². The minimum absolute atomic E-state index is 0.0381. The molecule has 1 fully saturated rings. The van der Waals surface area contributed by atoms with Crippen molar-refractivity contribution in [3.05, 3.63) is 0 Å². The van der Waals surface area contributed by atoms with Crippen LogP contribution in [0.25, 0.3) is 0 Å². The highest BCUT2D eigenvalue weighted by atomic mass is 16.3. The standard InChI is InChI=1S/C14H27NO3/c1-14(2,3)11-4-5-12(17)10(8-11)9-13(18)15-6-7-16/h10-12,16-17H,4-9H2,1-3H3,(H,15,18). The first-order chi connectivity index (χ1) is 8.34. The monoisotopic (exact) mass is 257 g/mol. The minimum Gasteiger partial charge on any atom is -0.395 e. The number of hydrogen-bond donors (Lipinski definition) is 3. The summed E-state index contributed by atoms with van der Waals surface area (Å²) in [5, 5.41) is 21.3. The van der Waals surface area contributed by atoms with Crippen molar-refractivity contribution in [2.75, 3.05) is 13.2 Å². The van der Waals surface area contributed by atoms with Gasteiger partial charge in [0.2, 0.25) is 5.91 Å². The molecule has 0 saturated heterocycles. The van der Waals surface area contributed by atoms with Gasteiger partial charge in [-0.3, -0.25) is 4.79 Å². The molecule has 0 radical (unpaired) electrons. The Balaban J connectivity index is 2.49. The van der Waals surface area contributed by atoms with Gasteiger partial charge in [0.15, 0.2) is 0 Å². The van der Waals surface area contributed by atoms with Crippen molar-refractivity contribution >= 4 is 5.91 Å². The van der Waals surface area contributed by atoms with Gasteiger partial charge in [0.25, 0.3) is 0 Å². The third kappa shape index (κ3) is 4.58. The molecule has 1 rings (SSSR count). The summed E-state index contributed by atoms with van der Waals surface area (Å²) in [7, 11) is 0. The summed E-state index contributed by atoms with van der Waals surface area (Å²) in [6.45, 7) is 6.92. The first-order valence-electron chi connectivity index (χ1n) is 6.90. The van der Waals surface area contributed by atoms with Gasteiger partial charge in [-0.15, -0.1) is 0 Å². The number of rotatable bonds is 4. The van der Waals surface area contributed by atoms with E-state index in [0.717, 1.165) is 19.3 Å². The zero-order valence-electron chi connectivity index (χ0n) is 11.8. The lowest BCUT2D eigenvalue weighted by Crippen LogP contribution is -2.38. The van der Waals surface area contributed by atoms with E-state index in [1.807, 2.05) is 0 Å². The quantitative estimate of drug-likeness (QED) is 0.711. The third-order valence-corrected chi connectivity index (χ3v) is 4.05. The van der Waals surface area contributed by atoms with Gasteiger partial charge in [-0.25, -0.2) is 0 Å². The molecule has 0 bridgehead atoms. The van der Waals surface area contributed by atoms with Crippen molar-refractivity contribution in [3.8, 4) is 0 Å². The van der Waals surface area contributed by atoms with Gasteiger partial charge in [0.05, 0.1) is 12.7 Å². The fourth-order valence-electron chi connectivity index (χ4n) is 2.76. The van der Waals surface area contributed by atoms with Crippen molar-refractivity contribution in [1.82, 2.24) is 5.32 Å². The maximum absolute atomic E-state index is 11.6. The molecule has 1 saturated carbocycles. The van der Waals surface area contributed by atoms with Crippen molar-refractivity contribution in [2.45, 2.75) is 52.6 Å². The van der Waals surface area contributed by atoms with E-state index in [1.165, 1.54) is 0 Å². The lowest BCUT2D eigenvalue weighted by molar-refractivity contribution is -0.124. The molecule has 18 heavy (non-hydrogen) atoms. The van der Waals surface area contributed by atoms with E-state index in [9.17, 15) is 9.90 Å². The maximum Gasteiger partial charge on any atom is 0.220 e. The second-order valence-electron chi connectivity index (χ2n) is 6.48. The zero-order chi connectivity index (χ0) is 13.8. The summed E-state index contributed by atoms with van der Waals surface area (Å²) >= 11 is 0. The SMILES string of the molecule is CC(C)(C)C1CCC(O)C(CC(=O)NCCO)C1. The van der Waals surface area contributed by atoms with Gasteiger partial charge in [0.1, 0.15) is 0 Å². The number of hydrogen-bond acceptors (Lipinski definition) is 3. The summed E-state index contributed by atoms with van der Waals surface area (Å²) in [6, 6.07) is 0. The van der Waals surface area contributed by atoms with Crippen LogP contribution in [0.3, 0.4) is 0 Å². The lowest BCUT2D eigenvalue weighted by atomic mass is 9.67. The van der Waals surface area contributed by atoms with Crippen LogP contribution in [0.5, 0.6) is 0 Å². The molecule has 3 N–H and O–H groups in total. The van der Waals surface area contributed by atoms with Crippen LogP contribution in [0.15, 0.2) is 0 Å². The molecule has 0 aliphatic heterocycles. The Morgan fingerprint density at radius 3 is 2.56 bits per heavy atom. The van der Waals surface area contributed by atoms with Crippen LogP contribution in [0.4, 0.5) is 0 Å². The number of amides is 1. The Kier molecular flexibility index (Phi) is 5.60. The average molecular weight is 257 g/mol. The van der Waals surface area contributed by atoms with Crippen LogP contribution in [0.1, 0.15) is 46.5 Å². The fourth-order valence-corrected chi connectivity index (χ4v) is 2.76. The highest BCUT2D eigenvalue weighted by Gasteiger charge is 2.35. The topological polar surface area (TPSA) is 69.6 Å². The molecular formula is C14H27NO3. The predicted molar refractivity (Wildman–Crippen MR) is 71.0 cm³/mol. The maximum atomic E-state index is 11.6. The van der Waals surface area contributed by atoms with Gasteiger partial charge >= 0.3 is 0 Å². The minimum atomic E-state index is -0.358. The normalized spacial score (nSPS) is 29.1. The van der Waals surface area contributed by atoms with Gasteiger partial charge in [-0.05, 0) is 36.5 Å². The molecule has 3 atom stereocenters. The molecule has 1 aliphatic rings. The Hall–Kier alpha value is -0.610. The fraction of sp³-hybridized carbons (Fsp3) is 0.929. The molecule has 4 nitrogen and oxygen atoms in total. The van der Waals surface area contributed by atoms with E-state index in [0.29, 0.717) is 18.9 Å². The average Bonchev–Trinajstić information content (AvgIpc) is 2.28. The summed E-state index contributed by atoms with van der Waals surface area (Å²) in [6.07, 6.45) is 2.76. The van der Waals surface area contributed by atoms with Crippen LogP contribution in [-0.4, -0.2) is 35.4 Å². The summed E-state index contributed by atoms with van der Waals surface area (Å²) in [5.41, 5.74) is 0.236. The second kappa shape index (κ2) is 6.53. The Morgan fingerprint density at radius 1 is 1.33 bits per heavy atom. The molecule has 0 heterocycles. The second-order valence-corrected chi connectivity index (χ2v) is 6.48. The van der Waals surface area contributed by atoms with Gasteiger partial charge in [0, 0.05) is 13.0 Å². The highest BCUT2D eigenvalue weighted by Crippen LogP contribution is 2.41. The first kappa shape index (κ1) is 15.4. The molecule has 1 amide bonds. The Labute approximate surface area is 110 Å². The summed E-state index contributed by atoms with van der Waals surface area (Å²) in [5.74, 6) is 0.556. The van der Waals surface area contributed by atoms with Crippen LogP contribution >= 0.6 is 0 Å². The number of carbonyl (C=O) groups excluding carboxylic acids is 1. The van der Waals surface area contributed by atoms with Crippen molar-refractivity contribution in [2.24, 2.45) is 17.3 Å². The first-order valence-corrected chi connectivity index (χ1v) is 6.90. The largest absolute Gasteiger partial charge is 0.395 e. The Morgan fingerprint density at radius 2 is 2.00 bits per heavy atom. The number of nitrogens with one attached hydrogen (secondary N) is 1. The van der Waals surface area contributed by atoms with E-state index in [4.69, 9.17) is 5.11 Å². The smallest absolute Gasteiger partial charge is 0.220 e. The van der Waals surface area contributed by atoms with Crippen LogP contribution in [0.2, 0.25) is 0 Å². The third-order valence-electron chi connectivity index (χ3n) is 4.05. The predicted octanol–water partition coefficient (Wildman–Crippen LogP) is 1.31. The molecule has 0 aromatic heterocycles. The summed E-state index contributed by atoms with van der Waals surface area (Å²) in [4.78, 5) is 11.6. The van der Waals surface area contributed by atoms with E-state index < -0.39 is 0 Å². The van der Waals surface area contributed by atoms with E-state index >= 15 is 0 Å². The van der Waals surface area contributed by atoms with Crippen LogP contribution in [0, 0.1) is 17.3 Å². The van der Waals surface area contributed by atoms with E-state index in [-0.39, 0.29) is 30.0 Å². The number of carbonyl (C=O) groups is 1. The number of aliphatic hydroxyl groups is 2. The molecule has 0 aromatic carbocycles. The number of aliphatic hydroxyl groups excluding tert-OH is 2. The van der Waals surface area contributed by atoms with Crippen molar-refractivity contribution in [1.29, 1.82) is 0 Å². The van der Waals surface area contributed by atoms with Gasteiger partial charge in [-0.2, -0.15) is 0 Å². The lowest BCUT2D eigenvalue weighted by Gasteiger charge is -2.40. The molecule has 0 spiro atoms. The highest BCUT2D eigenvalue weighted by molar-refractivity contribution is 5.76. The zero-order valence-corrected chi connectivity index (χ0v) is 11.8. The van der Waals surface area contributed by atoms with Crippen LogP contribution < -0.4 is 5.32 Å². The molecule has 106 valence electrons. The Bertz CT molecular complexity index is 273. The molecular weight excluding hydrogens is 230 g/mol. The molecule has 3 unspecified atom stereocenters. The van der Waals surface area contributed by atoms with Gasteiger partial charge < -0.3 is 15.5 Å². The van der Waals surface area contributed by atoms with Crippen LogP contribution in [-0.2, 0) is 4.79 Å². The van der Waals surface area contributed by atoms with E-state index in [2.05, 4.69) is 26.1 Å². The van der Waals surface area contributed by atoms with E-state index in [1.54, 1.807) is 0 Å². The van der Waals surface area contributed by atoms with Crippen molar-refractivity contribution in [3.63, 3.8) is 0 Å². The summed E-state index contributed by atoms with van der Waals surface area (Å²) < 4.78 is 0. The molecule has 0 aromatic rings. The molecule has 1 aliphatic carbocycles. The molecule has 4 heteroatoms.